The summed E-state index contributed by atoms with van der Waals surface area (Å²) in [5.41, 5.74) is 0. The van der Waals surface area contributed by atoms with Crippen LogP contribution in [0.1, 0.15) is 71.0 Å². The summed E-state index contributed by atoms with van der Waals surface area (Å²) in [6.45, 7) is 5.42. The van der Waals surface area contributed by atoms with Crippen molar-refractivity contribution >= 4 is 19.2 Å². The summed E-state index contributed by atoms with van der Waals surface area (Å²) in [5, 5.41) is 2.16. The highest BCUT2D eigenvalue weighted by Crippen LogP contribution is 2.60. The van der Waals surface area contributed by atoms with Crippen LogP contribution >= 0.6 is 7.60 Å². The first-order valence-corrected chi connectivity index (χ1v) is 12.4. The number of aromatic nitrogens is 2. The summed E-state index contributed by atoms with van der Waals surface area (Å²) < 4.78 is 17.9. The smallest absolute Gasteiger partial charge is 0.339 e. The maximum absolute atomic E-state index is 12.5. The summed E-state index contributed by atoms with van der Waals surface area (Å²) in [7, 11) is -2.68. The Labute approximate surface area is 173 Å². The SMILES string of the molecule is CCC(CC)(c1nc(N[C@H]2CC[C@H](OC)CC2)cc(N2CCCC2)n1)P(=O)(O)O. The van der Waals surface area contributed by atoms with Gasteiger partial charge in [0.25, 0.3) is 0 Å². The van der Waals surface area contributed by atoms with Gasteiger partial charge in [0, 0.05) is 32.3 Å². The number of anilines is 2. The first-order valence-electron chi connectivity index (χ1n) is 10.8. The standard InChI is InChI=1S/C20H35N4O4P/c1-4-20(5-2,29(25,26)27)19-22-17(14-18(23-19)24-12-6-7-13-24)21-15-8-10-16(28-3)11-9-15/h14-16H,4-13H2,1-3H3,(H,21,22,23)(H2,25,26,27)/t15-,16-. The summed E-state index contributed by atoms with van der Waals surface area (Å²) in [6, 6.07) is 2.22. The lowest BCUT2D eigenvalue weighted by Gasteiger charge is -2.33. The number of nitrogens with zero attached hydrogens (tertiary/aromatic N) is 3. The van der Waals surface area contributed by atoms with Crippen LogP contribution in [0.4, 0.5) is 11.6 Å². The number of hydrogen-bond acceptors (Lipinski definition) is 6. The van der Waals surface area contributed by atoms with E-state index in [1.165, 1.54) is 0 Å². The Morgan fingerprint density at radius 1 is 1.17 bits per heavy atom. The highest BCUT2D eigenvalue weighted by atomic mass is 31.2. The number of methoxy groups -OCH3 is 1. The Morgan fingerprint density at radius 2 is 1.79 bits per heavy atom. The maximum Gasteiger partial charge on any atom is 0.339 e. The topological polar surface area (TPSA) is 108 Å². The molecule has 0 bridgehead atoms. The van der Waals surface area contributed by atoms with Crippen LogP contribution in [0.15, 0.2) is 6.07 Å². The Bertz CT molecular complexity index is 723. The molecule has 1 saturated heterocycles. The third kappa shape index (κ3) is 4.76. The Morgan fingerprint density at radius 3 is 2.31 bits per heavy atom. The van der Waals surface area contributed by atoms with E-state index in [0.717, 1.165) is 57.4 Å². The van der Waals surface area contributed by atoms with Gasteiger partial charge in [-0.2, -0.15) is 0 Å². The number of rotatable bonds is 8. The molecule has 3 rings (SSSR count). The lowest BCUT2D eigenvalue weighted by Crippen LogP contribution is -2.32. The zero-order chi connectivity index (χ0) is 21.1. The van der Waals surface area contributed by atoms with Gasteiger partial charge in [0.15, 0.2) is 5.82 Å². The fourth-order valence-corrected chi connectivity index (χ4v) is 5.77. The van der Waals surface area contributed by atoms with E-state index < -0.39 is 12.8 Å². The third-order valence-corrected chi connectivity index (χ3v) is 8.59. The molecule has 1 aliphatic heterocycles. The average molecular weight is 426 g/mol. The zero-order valence-corrected chi connectivity index (χ0v) is 18.7. The van der Waals surface area contributed by atoms with Crippen LogP contribution in [-0.4, -0.2) is 52.1 Å². The zero-order valence-electron chi connectivity index (χ0n) is 17.8. The number of ether oxygens (including phenoxy) is 1. The Balaban J connectivity index is 1.95. The van der Waals surface area contributed by atoms with Gasteiger partial charge >= 0.3 is 7.60 Å². The molecule has 2 fully saturated rings. The van der Waals surface area contributed by atoms with Crippen molar-refractivity contribution in [3.8, 4) is 0 Å². The predicted octanol–water partition coefficient (Wildman–Crippen LogP) is 3.64. The van der Waals surface area contributed by atoms with Crippen LogP contribution in [0.25, 0.3) is 0 Å². The van der Waals surface area contributed by atoms with Gasteiger partial charge in [-0.05, 0) is 51.4 Å². The predicted molar refractivity (Wildman–Crippen MR) is 114 cm³/mol. The molecular weight excluding hydrogens is 391 g/mol. The van der Waals surface area contributed by atoms with Gasteiger partial charge in [0.1, 0.15) is 16.8 Å². The largest absolute Gasteiger partial charge is 0.381 e. The fourth-order valence-electron chi connectivity index (χ4n) is 4.59. The number of hydrogen-bond donors (Lipinski definition) is 3. The van der Waals surface area contributed by atoms with E-state index in [9.17, 15) is 14.4 Å². The van der Waals surface area contributed by atoms with Crippen LogP contribution in [-0.2, 0) is 14.5 Å². The molecule has 0 amide bonds. The molecule has 2 heterocycles. The van der Waals surface area contributed by atoms with E-state index in [1.54, 1.807) is 21.0 Å². The lowest BCUT2D eigenvalue weighted by molar-refractivity contribution is 0.0681. The second kappa shape index (κ2) is 9.29. The molecule has 1 saturated carbocycles. The highest BCUT2D eigenvalue weighted by molar-refractivity contribution is 7.53. The molecule has 0 aromatic carbocycles. The Kier molecular flexibility index (Phi) is 7.20. The van der Waals surface area contributed by atoms with Crippen molar-refractivity contribution in [1.29, 1.82) is 0 Å². The molecule has 8 nitrogen and oxygen atoms in total. The van der Waals surface area contributed by atoms with E-state index in [2.05, 4.69) is 20.2 Å². The Hall–Kier alpha value is -1.21. The van der Waals surface area contributed by atoms with Gasteiger partial charge in [-0.25, -0.2) is 9.97 Å². The van der Waals surface area contributed by atoms with Gasteiger partial charge in [0.05, 0.1) is 6.10 Å². The number of nitrogens with one attached hydrogen (secondary N) is 1. The van der Waals surface area contributed by atoms with Crippen molar-refractivity contribution in [2.24, 2.45) is 0 Å². The molecule has 1 aromatic rings. The summed E-state index contributed by atoms with van der Waals surface area (Å²) >= 11 is 0. The van der Waals surface area contributed by atoms with E-state index in [1.807, 2.05) is 6.07 Å². The van der Waals surface area contributed by atoms with Crippen molar-refractivity contribution < 1.29 is 19.1 Å². The molecule has 0 spiro atoms. The first-order chi connectivity index (χ1) is 13.8. The quantitative estimate of drug-likeness (QED) is 0.541. The molecule has 164 valence electrons. The minimum absolute atomic E-state index is 0.258. The van der Waals surface area contributed by atoms with Crippen molar-refractivity contribution in [3.05, 3.63) is 11.9 Å². The van der Waals surface area contributed by atoms with Crippen LogP contribution in [0.5, 0.6) is 0 Å². The molecule has 1 aromatic heterocycles. The molecule has 0 atom stereocenters. The van der Waals surface area contributed by atoms with E-state index in [-0.39, 0.29) is 24.7 Å². The van der Waals surface area contributed by atoms with E-state index in [4.69, 9.17) is 4.74 Å². The summed E-state index contributed by atoms with van der Waals surface area (Å²) in [6.07, 6.45) is 7.08. The van der Waals surface area contributed by atoms with Crippen LogP contribution in [0.3, 0.4) is 0 Å². The third-order valence-electron chi connectivity index (χ3n) is 6.65. The monoisotopic (exact) mass is 426 g/mol. The second-order valence-electron chi connectivity index (χ2n) is 8.27. The van der Waals surface area contributed by atoms with Gasteiger partial charge in [-0.1, -0.05) is 13.8 Å². The highest BCUT2D eigenvalue weighted by Gasteiger charge is 2.48. The van der Waals surface area contributed by atoms with Gasteiger partial charge in [-0.3, -0.25) is 4.57 Å². The summed E-state index contributed by atoms with van der Waals surface area (Å²) in [4.78, 5) is 31.9. The molecule has 0 unspecified atom stereocenters. The lowest BCUT2D eigenvalue weighted by atomic mass is 9.93. The normalized spacial score (nSPS) is 23.4. The van der Waals surface area contributed by atoms with Crippen LogP contribution < -0.4 is 10.2 Å². The summed E-state index contributed by atoms with van der Waals surface area (Å²) in [5.74, 6) is 1.69. The van der Waals surface area contributed by atoms with Gasteiger partial charge < -0.3 is 24.7 Å². The average Bonchev–Trinajstić information content (AvgIpc) is 3.24. The molecular formula is C20H35N4O4P. The molecule has 29 heavy (non-hydrogen) atoms. The van der Waals surface area contributed by atoms with E-state index in [0.29, 0.717) is 11.9 Å². The van der Waals surface area contributed by atoms with Crippen molar-refractivity contribution in [2.75, 3.05) is 30.4 Å². The minimum Gasteiger partial charge on any atom is -0.381 e. The van der Waals surface area contributed by atoms with Gasteiger partial charge in [0.2, 0.25) is 0 Å². The van der Waals surface area contributed by atoms with Crippen molar-refractivity contribution in [3.63, 3.8) is 0 Å². The second-order valence-corrected chi connectivity index (χ2v) is 10.2. The van der Waals surface area contributed by atoms with Crippen LogP contribution in [0.2, 0.25) is 0 Å². The van der Waals surface area contributed by atoms with Crippen LogP contribution in [0, 0.1) is 0 Å². The molecule has 3 N–H and O–H groups in total. The first kappa shape index (κ1) is 22.5. The fraction of sp³-hybridized carbons (Fsp3) is 0.800. The van der Waals surface area contributed by atoms with Gasteiger partial charge in [-0.15, -0.1) is 0 Å². The molecule has 1 aliphatic carbocycles. The minimum atomic E-state index is -4.44. The van der Waals surface area contributed by atoms with E-state index >= 15 is 0 Å². The molecule has 9 heteroatoms. The van der Waals surface area contributed by atoms with Crippen molar-refractivity contribution in [2.45, 2.75) is 82.5 Å². The van der Waals surface area contributed by atoms with Crippen molar-refractivity contribution in [1.82, 2.24) is 9.97 Å². The molecule has 2 aliphatic rings. The maximum atomic E-state index is 12.5. The molecule has 0 radical (unpaired) electrons.